The van der Waals surface area contributed by atoms with E-state index in [1.807, 2.05) is 0 Å². The van der Waals surface area contributed by atoms with Gasteiger partial charge in [-0.05, 0) is 5.21 Å². The summed E-state index contributed by atoms with van der Waals surface area (Å²) in [6, 6.07) is 0.0440. The Morgan fingerprint density at radius 1 is 1.60 bits per heavy atom. The van der Waals surface area contributed by atoms with Crippen molar-refractivity contribution in [1.82, 2.24) is 25.1 Å². The molecule has 84 valence electrons. The Kier molecular flexibility index (Phi) is 3.24. The van der Waals surface area contributed by atoms with Crippen molar-refractivity contribution in [3.63, 3.8) is 0 Å². The lowest BCUT2D eigenvalue weighted by Gasteiger charge is -2.33. The van der Waals surface area contributed by atoms with Gasteiger partial charge in [-0.2, -0.15) is 4.80 Å². The van der Waals surface area contributed by atoms with Crippen molar-refractivity contribution in [1.29, 1.82) is 0 Å². The predicted molar refractivity (Wildman–Crippen MR) is 50.9 cm³/mol. The molecule has 1 N–H and O–H groups in total. The smallest absolute Gasteiger partial charge is 0.188 e. The van der Waals surface area contributed by atoms with Gasteiger partial charge in [0, 0.05) is 6.54 Å². The second-order valence-electron chi connectivity index (χ2n) is 3.58. The minimum atomic E-state index is 0.0440. The molecule has 0 bridgehead atoms. The van der Waals surface area contributed by atoms with Gasteiger partial charge in [-0.15, -0.1) is 10.2 Å². The van der Waals surface area contributed by atoms with Crippen LogP contribution in [0.25, 0.3) is 0 Å². The van der Waals surface area contributed by atoms with E-state index in [4.69, 9.17) is 9.84 Å². The molecule has 1 aromatic rings. The number of tetrazole rings is 1. The van der Waals surface area contributed by atoms with Crippen LogP contribution in [0.3, 0.4) is 0 Å². The third kappa shape index (κ3) is 2.49. The number of ether oxygens (including phenoxy) is 1. The van der Waals surface area contributed by atoms with Crippen LogP contribution in [-0.4, -0.2) is 62.6 Å². The minimum Gasteiger partial charge on any atom is -0.395 e. The standard InChI is InChI=1S/C8H15N5O2/c1-12-10-8(9-11-12)4-13-2-3-15-6-7(13)5-14/h7,14H,2-6H2,1H3. The van der Waals surface area contributed by atoms with Gasteiger partial charge < -0.3 is 9.84 Å². The van der Waals surface area contributed by atoms with E-state index in [9.17, 15) is 0 Å². The molecule has 1 aromatic heterocycles. The first-order chi connectivity index (χ1) is 7.29. The highest BCUT2D eigenvalue weighted by atomic mass is 16.5. The average molecular weight is 213 g/mol. The highest BCUT2D eigenvalue weighted by molar-refractivity contribution is 4.82. The van der Waals surface area contributed by atoms with Crippen molar-refractivity contribution < 1.29 is 9.84 Å². The third-order valence-corrected chi connectivity index (χ3v) is 2.45. The second-order valence-corrected chi connectivity index (χ2v) is 3.58. The Morgan fingerprint density at radius 2 is 2.47 bits per heavy atom. The van der Waals surface area contributed by atoms with Gasteiger partial charge in [0.05, 0.1) is 39.5 Å². The maximum absolute atomic E-state index is 9.16. The Balaban J connectivity index is 1.97. The molecular weight excluding hydrogens is 198 g/mol. The molecule has 0 aliphatic carbocycles. The van der Waals surface area contributed by atoms with Crippen LogP contribution in [0.2, 0.25) is 0 Å². The lowest BCUT2D eigenvalue weighted by atomic mass is 10.2. The highest BCUT2D eigenvalue weighted by Crippen LogP contribution is 2.08. The Labute approximate surface area is 87.6 Å². The number of nitrogens with zero attached hydrogens (tertiary/aromatic N) is 5. The fourth-order valence-corrected chi connectivity index (χ4v) is 1.63. The molecule has 0 radical (unpaired) electrons. The molecule has 1 saturated heterocycles. The van der Waals surface area contributed by atoms with Crippen LogP contribution < -0.4 is 0 Å². The van der Waals surface area contributed by atoms with E-state index in [2.05, 4.69) is 20.3 Å². The molecule has 7 heteroatoms. The molecule has 1 atom stereocenters. The summed E-state index contributed by atoms with van der Waals surface area (Å²) in [5, 5.41) is 20.9. The quantitative estimate of drug-likeness (QED) is 0.652. The maximum atomic E-state index is 9.16. The summed E-state index contributed by atoms with van der Waals surface area (Å²) in [6.07, 6.45) is 0. The first-order valence-electron chi connectivity index (χ1n) is 4.95. The molecule has 0 amide bonds. The summed E-state index contributed by atoms with van der Waals surface area (Å²) in [5.74, 6) is 0.679. The van der Waals surface area contributed by atoms with Gasteiger partial charge in [0.2, 0.25) is 0 Å². The van der Waals surface area contributed by atoms with Gasteiger partial charge in [-0.25, -0.2) is 0 Å². The summed E-state index contributed by atoms with van der Waals surface area (Å²) in [7, 11) is 1.74. The molecule has 0 spiro atoms. The number of aliphatic hydroxyl groups is 1. The van der Waals surface area contributed by atoms with Crippen molar-refractivity contribution in [3.8, 4) is 0 Å². The number of aromatic nitrogens is 4. The molecule has 1 aliphatic heterocycles. The zero-order valence-electron chi connectivity index (χ0n) is 8.70. The lowest BCUT2D eigenvalue weighted by Crippen LogP contribution is -2.47. The van der Waals surface area contributed by atoms with E-state index in [1.165, 1.54) is 4.80 Å². The molecule has 2 heterocycles. The van der Waals surface area contributed by atoms with Crippen LogP contribution in [0, 0.1) is 0 Å². The topological polar surface area (TPSA) is 76.3 Å². The predicted octanol–water partition coefficient (Wildman–Crippen LogP) is -1.60. The Hall–Kier alpha value is -1.05. The molecule has 7 nitrogen and oxygen atoms in total. The van der Waals surface area contributed by atoms with Crippen molar-refractivity contribution >= 4 is 0 Å². The zero-order chi connectivity index (χ0) is 10.7. The lowest BCUT2D eigenvalue weighted by molar-refractivity contribution is -0.0322. The van der Waals surface area contributed by atoms with Gasteiger partial charge in [0.1, 0.15) is 0 Å². The summed E-state index contributed by atoms with van der Waals surface area (Å²) in [6.45, 7) is 2.76. The van der Waals surface area contributed by atoms with E-state index >= 15 is 0 Å². The summed E-state index contributed by atoms with van der Waals surface area (Å²) in [5.41, 5.74) is 0. The third-order valence-electron chi connectivity index (χ3n) is 2.45. The summed E-state index contributed by atoms with van der Waals surface area (Å²) in [4.78, 5) is 3.55. The van der Waals surface area contributed by atoms with Gasteiger partial charge in [0.15, 0.2) is 5.82 Å². The zero-order valence-corrected chi connectivity index (χ0v) is 8.70. The summed E-state index contributed by atoms with van der Waals surface area (Å²) < 4.78 is 5.28. The molecule has 2 rings (SSSR count). The second kappa shape index (κ2) is 4.65. The molecule has 1 aliphatic rings. The molecule has 0 aromatic carbocycles. The van der Waals surface area contributed by atoms with Crippen molar-refractivity contribution in [2.45, 2.75) is 12.6 Å². The van der Waals surface area contributed by atoms with Crippen LogP contribution in [0.15, 0.2) is 0 Å². The molecule has 0 saturated carbocycles. The van der Waals surface area contributed by atoms with Gasteiger partial charge in [-0.1, -0.05) is 0 Å². The minimum absolute atomic E-state index is 0.0440. The highest BCUT2D eigenvalue weighted by Gasteiger charge is 2.23. The van der Waals surface area contributed by atoms with E-state index in [1.54, 1.807) is 7.05 Å². The largest absolute Gasteiger partial charge is 0.395 e. The van der Waals surface area contributed by atoms with E-state index in [-0.39, 0.29) is 12.6 Å². The first-order valence-corrected chi connectivity index (χ1v) is 4.95. The molecule has 1 unspecified atom stereocenters. The van der Waals surface area contributed by atoms with Crippen molar-refractivity contribution in [2.24, 2.45) is 7.05 Å². The van der Waals surface area contributed by atoms with Gasteiger partial charge in [0.25, 0.3) is 0 Å². The number of aliphatic hydroxyl groups excluding tert-OH is 1. The number of morpholine rings is 1. The van der Waals surface area contributed by atoms with Gasteiger partial charge in [-0.3, -0.25) is 4.90 Å². The fourth-order valence-electron chi connectivity index (χ4n) is 1.63. The number of aryl methyl sites for hydroxylation is 1. The van der Waals surface area contributed by atoms with Crippen LogP contribution in [0.1, 0.15) is 5.82 Å². The van der Waals surface area contributed by atoms with E-state index in [0.29, 0.717) is 25.6 Å². The van der Waals surface area contributed by atoms with Crippen LogP contribution in [0.4, 0.5) is 0 Å². The molecule has 15 heavy (non-hydrogen) atoms. The van der Waals surface area contributed by atoms with Crippen LogP contribution in [0.5, 0.6) is 0 Å². The van der Waals surface area contributed by atoms with E-state index in [0.717, 1.165) is 6.54 Å². The van der Waals surface area contributed by atoms with Gasteiger partial charge >= 0.3 is 0 Å². The van der Waals surface area contributed by atoms with Crippen molar-refractivity contribution in [2.75, 3.05) is 26.4 Å². The SMILES string of the molecule is Cn1nnc(CN2CCOCC2CO)n1. The van der Waals surface area contributed by atoms with Crippen molar-refractivity contribution in [3.05, 3.63) is 5.82 Å². The Morgan fingerprint density at radius 3 is 3.13 bits per heavy atom. The van der Waals surface area contributed by atoms with Crippen LogP contribution >= 0.6 is 0 Å². The normalized spacial score (nSPS) is 23.2. The molecular formula is C8H15N5O2. The van der Waals surface area contributed by atoms with Crippen LogP contribution in [-0.2, 0) is 18.3 Å². The monoisotopic (exact) mass is 213 g/mol. The average Bonchev–Trinajstić information content (AvgIpc) is 2.65. The molecule has 1 fully saturated rings. The number of hydrogen-bond donors (Lipinski definition) is 1. The van der Waals surface area contributed by atoms with E-state index < -0.39 is 0 Å². The summed E-state index contributed by atoms with van der Waals surface area (Å²) >= 11 is 0. The fraction of sp³-hybridized carbons (Fsp3) is 0.875. The first kappa shape index (κ1) is 10.5. The maximum Gasteiger partial charge on any atom is 0.188 e. The Bertz CT molecular complexity index is 316. The number of hydrogen-bond acceptors (Lipinski definition) is 6. The number of rotatable bonds is 3.